The molecular weight excluding hydrogens is 368 g/mol. The number of hydrogen-bond acceptors (Lipinski definition) is 3. The van der Waals surface area contributed by atoms with Crippen LogP contribution in [0.3, 0.4) is 0 Å². The van der Waals surface area contributed by atoms with Gasteiger partial charge in [-0.25, -0.2) is 0 Å². The first-order valence-corrected chi connectivity index (χ1v) is 4.12. The number of hydrogen-bond donors (Lipinski definition) is 1. The topological polar surface area (TPSA) is 38.7 Å². The third-order valence-corrected chi connectivity index (χ3v) is 2.04. The van der Waals surface area contributed by atoms with Gasteiger partial charge in [-0.05, 0) is 0 Å². The molecule has 1 aliphatic heterocycles. The van der Waals surface area contributed by atoms with Crippen LogP contribution in [0.1, 0.15) is 0 Å². The zero-order chi connectivity index (χ0) is 16.4. The van der Waals surface area contributed by atoms with Gasteiger partial charge in [-0.3, -0.25) is 9.47 Å². The molecule has 1 N–H and O–H groups in total. The SMILES string of the molecule is OC1(F)OC(F)(C(F)(F)F)C(F)(F)OC1(F)C(F)(F)F.[KH]. The Morgan fingerprint density at radius 2 is 1.00 bits per heavy atom. The maximum atomic E-state index is 13.0. The van der Waals surface area contributed by atoms with Crippen molar-refractivity contribution in [3.8, 4) is 0 Å². The van der Waals surface area contributed by atoms with E-state index in [-0.39, 0.29) is 51.4 Å². The van der Waals surface area contributed by atoms with E-state index in [0.29, 0.717) is 0 Å². The van der Waals surface area contributed by atoms with Crippen LogP contribution in [0.4, 0.5) is 48.3 Å². The summed E-state index contributed by atoms with van der Waals surface area (Å²) < 4.78 is 140. The molecule has 0 bridgehead atoms. The van der Waals surface area contributed by atoms with Gasteiger partial charge in [0.05, 0.1) is 0 Å². The van der Waals surface area contributed by atoms with E-state index in [0.717, 1.165) is 0 Å². The first-order chi connectivity index (χ1) is 8.41. The molecule has 1 fully saturated rings. The molecule has 1 rings (SSSR count). The molecular formula is C6H2F11KO3. The Morgan fingerprint density at radius 1 is 0.667 bits per heavy atom. The van der Waals surface area contributed by atoms with Crippen molar-refractivity contribution in [1.29, 1.82) is 0 Å². The van der Waals surface area contributed by atoms with Gasteiger partial charge in [-0.15, -0.1) is 0 Å². The molecule has 0 saturated carbocycles. The van der Waals surface area contributed by atoms with E-state index in [2.05, 4.69) is 0 Å². The molecule has 0 amide bonds. The predicted molar refractivity (Wildman–Crippen MR) is 40.1 cm³/mol. The van der Waals surface area contributed by atoms with Gasteiger partial charge in [0.2, 0.25) is 0 Å². The van der Waals surface area contributed by atoms with Gasteiger partial charge in [-0.2, -0.15) is 48.3 Å². The molecule has 3 unspecified atom stereocenters. The van der Waals surface area contributed by atoms with Crippen LogP contribution >= 0.6 is 0 Å². The van der Waals surface area contributed by atoms with Gasteiger partial charge in [-0.1, -0.05) is 0 Å². The number of halogens is 11. The summed E-state index contributed by atoms with van der Waals surface area (Å²) in [5, 5.41) is 8.18. The molecule has 0 spiro atoms. The maximum absolute atomic E-state index is 13.0. The van der Waals surface area contributed by atoms with Crippen LogP contribution in [-0.2, 0) is 9.47 Å². The molecule has 0 aliphatic carbocycles. The van der Waals surface area contributed by atoms with Gasteiger partial charge < -0.3 is 5.11 Å². The van der Waals surface area contributed by atoms with Crippen LogP contribution < -0.4 is 0 Å². The molecule has 0 aromatic rings. The number of alkyl halides is 11. The van der Waals surface area contributed by atoms with Gasteiger partial charge in [0.25, 0.3) is 0 Å². The quantitative estimate of drug-likeness (QED) is 0.524. The van der Waals surface area contributed by atoms with Crippen LogP contribution in [0, 0.1) is 0 Å². The fraction of sp³-hybridized carbons (Fsp3) is 1.00. The minimum absolute atomic E-state index is 0. The monoisotopic (exact) mass is 370 g/mol. The Labute approximate surface area is 149 Å². The fourth-order valence-corrected chi connectivity index (χ4v) is 1.07. The third-order valence-electron chi connectivity index (χ3n) is 2.04. The van der Waals surface area contributed by atoms with E-state index in [4.69, 9.17) is 5.11 Å². The summed E-state index contributed by atoms with van der Waals surface area (Å²) in [6, 6.07) is -6.22. The van der Waals surface area contributed by atoms with Crippen molar-refractivity contribution in [1.82, 2.24) is 0 Å². The van der Waals surface area contributed by atoms with Gasteiger partial charge in [0.1, 0.15) is 0 Å². The minimum atomic E-state index is -6.86. The van der Waals surface area contributed by atoms with Crippen LogP contribution in [-0.4, -0.2) is 92.7 Å². The summed E-state index contributed by atoms with van der Waals surface area (Å²) >= 11 is 0. The summed E-state index contributed by atoms with van der Waals surface area (Å²) in [7, 11) is 0. The van der Waals surface area contributed by atoms with E-state index in [9.17, 15) is 48.3 Å². The predicted octanol–water partition coefficient (Wildman–Crippen LogP) is 2.05. The van der Waals surface area contributed by atoms with Crippen LogP contribution in [0.15, 0.2) is 0 Å². The molecule has 1 heterocycles. The molecule has 122 valence electrons. The fourth-order valence-electron chi connectivity index (χ4n) is 1.07. The molecule has 15 heteroatoms. The van der Waals surface area contributed by atoms with E-state index < -0.39 is 36.2 Å². The second-order valence-electron chi connectivity index (χ2n) is 3.47. The van der Waals surface area contributed by atoms with Crippen LogP contribution in [0.25, 0.3) is 0 Å². The zero-order valence-corrected chi connectivity index (χ0v) is 8.42. The summed E-state index contributed by atoms with van der Waals surface area (Å²) in [5.74, 6) is -13.0. The average molecular weight is 370 g/mol. The van der Waals surface area contributed by atoms with Gasteiger partial charge in [0, 0.05) is 0 Å². The average Bonchev–Trinajstić information content (AvgIpc) is 2.09. The van der Waals surface area contributed by atoms with Crippen molar-refractivity contribution >= 4 is 51.4 Å². The summed E-state index contributed by atoms with van der Waals surface area (Å²) in [6.45, 7) is 0. The molecule has 0 aromatic carbocycles. The second kappa shape index (κ2) is 5.39. The molecule has 3 atom stereocenters. The van der Waals surface area contributed by atoms with Crippen molar-refractivity contribution in [2.24, 2.45) is 0 Å². The Morgan fingerprint density at radius 3 is 1.29 bits per heavy atom. The Kier molecular flexibility index (Phi) is 5.58. The number of aliphatic hydroxyl groups is 1. The van der Waals surface area contributed by atoms with Crippen molar-refractivity contribution in [3.63, 3.8) is 0 Å². The van der Waals surface area contributed by atoms with E-state index in [1.165, 1.54) is 0 Å². The van der Waals surface area contributed by atoms with Gasteiger partial charge in [0.15, 0.2) is 0 Å². The van der Waals surface area contributed by atoms with E-state index in [1.54, 1.807) is 0 Å². The zero-order valence-electron chi connectivity index (χ0n) is 8.42. The van der Waals surface area contributed by atoms with E-state index >= 15 is 0 Å². The van der Waals surface area contributed by atoms with Crippen molar-refractivity contribution in [3.05, 3.63) is 0 Å². The summed E-state index contributed by atoms with van der Waals surface area (Å²) in [5.41, 5.74) is 0. The molecule has 0 aromatic heterocycles. The summed E-state index contributed by atoms with van der Waals surface area (Å²) in [6.07, 6.45) is -20.3. The summed E-state index contributed by atoms with van der Waals surface area (Å²) in [4.78, 5) is 0. The third kappa shape index (κ3) is 3.07. The number of ether oxygens (including phenoxy) is 2. The first-order valence-electron chi connectivity index (χ1n) is 4.12. The Balaban J connectivity index is 0.00000400. The number of rotatable bonds is 0. The van der Waals surface area contributed by atoms with Crippen molar-refractivity contribution < 1.29 is 62.9 Å². The van der Waals surface area contributed by atoms with Crippen LogP contribution in [0.2, 0.25) is 0 Å². The molecule has 1 saturated heterocycles. The molecule has 3 nitrogen and oxygen atoms in total. The van der Waals surface area contributed by atoms with E-state index in [1.807, 2.05) is 9.47 Å². The Bertz CT molecular complexity index is 368. The standard InChI is InChI=1S/C6HF11O3.K.H/c7-1(3(9,10)11)5(15,16)19-2(8,4(12,13)14)6(17,18)20-1;;/h18H;;. The van der Waals surface area contributed by atoms with Crippen LogP contribution in [0.5, 0.6) is 0 Å². The Hall–Kier alpha value is 0.746. The molecule has 0 radical (unpaired) electrons. The second-order valence-corrected chi connectivity index (χ2v) is 3.47. The first kappa shape index (κ1) is 21.7. The molecule has 1 aliphatic rings. The molecule has 21 heavy (non-hydrogen) atoms. The van der Waals surface area contributed by atoms with Crippen molar-refractivity contribution in [2.75, 3.05) is 0 Å². The van der Waals surface area contributed by atoms with Gasteiger partial charge >= 0.3 is 87.6 Å². The normalized spacial score (nSPS) is 40.6. The van der Waals surface area contributed by atoms with Crippen molar-refractivity contribution in [2.45, 2.75) is 36.2 Å².